The molecule has 0 N–H and O–H groups in total. The number of ether oxygens (including phenoxy) is 1. The summed E-state index contributed by atoms with van der Waals surface area (Å²) < 4.78 is 7.17. The normalized spacial score (nSPS) is 11.5. The molecule has 0 aliphatic carbocycles. The second kappa shape index (κ2) is 9.26. The lowest BCUT2D eigenvalue weighted by molar-refractivity contribution is -0.137. The van der Waals surface area contributed by atoms with Gasteiger partial charge in [0, 0.05) is 18.5 Å². The number of benzene rings is 3. The first-order chi connectivity index (χ1) is 15.3. The fraction of sp³-hybridized carbons (Fsp3) is 0.111. The van der Waals surface area contributed by atoms with Gasteiger partial charge < -0.3 is 9.30 Å². The number of aromatic nitrogens is 2. The molecule has 0 spiro atoms. The van der Waals surface area contributed by atoms with Crippen molar-refractivity contribution >= 4 is 12.0 Å². The summed E-state index contributed by atoms with van der Waals surface area (Å²) in [4.78, 5) is 16.5. The summed E-state index contributed by atoms with van der Waals surface area (Å²) >= 11 is 0. The molecule has 0 aliphatic heterocycles. The van der Waals surface area contributed by atoms with Gasteiger partial charge >= 0.3 is 5.97 Å². The summed E-state index contributed by atoms with van der Waals surface area (Å²) in [5.41, 5.74) is 2.61. The number of hydrogen-bond acceptors (Lipinski definition) is 3. The van der Waals surface area contributed by atoms with Crippen molar-refractivity contribution in [1.29, 1.82) is 0 Å². The molecular formula is C27H24N2O2. The summed E-state index contributed by atoms with van der Waals surface area (Å²) in [5, 5.41) is 0. The highest BCUT2D eigenvalue weighted by atomic mass is 16.5. The predicted molar refractivity (Wildman–Crippen MR) is 123 cm³/mol. The third-order valence-corrected chi connectivity index (χ3v) is 5.26. The average molecular weight is 409 g/mol. The zero-order valence-corrected chi connectivity index (χ0v) is 17.4. The van der Waals surface area contributed by atoms with E-state index >= 15 is 0 Å². The summed E-state index contributed by atoms with van der Waals surface area (Å²) in [6.45, 7) is 2.12. The number of hydrogen-bond donors (Lipinski definition) is 0. The monoisotopic (exact) mass is 408 g/mol. The van der Waals surface area contributed by atoms with E-state index in [1.165, 1.54) is 6.08 Å². The lowest BCUT2D eigenvalue weighted by atomic mass is 9.76. The topological polar surface area (TPSA) is 44.1 Å². The Labute approximate surface area is 182 Å². The Morgan fingerprint density at radius 3 is 1.81 bits per heavy atom. The van der Waals surface area contributed by atoms with Crippen LogP contribution in [0.3, 0.4) is 0 Å². The second-order valence-electron chi connectivity index (χ2n) is 7.05. The number of carbonyl (C=O) groups excluding carboxylic acids is 1. The van der Waals surface area contributed by atoms with Gasteiger partial charge in [-0.25, -0.2) is 9.78 Å². The van der Waals surface area contributed by atoms with Crippen molar-refractivity contribution in [2.24, 2.45) is 0 Å². The van der Waals surface area contributed by atoms with Crippen LogP contribution in [0.25, 0.3) is 6.08 Å². The summed E-state index contributed by atoms with van der Waals surface area (Å²) in [5.74, 6) is 0.270. The lowest BCUT2D eigenvalue weighted by Crippen LogP contribution is -2.38. The molecule has 0 saturated carbocycles. The Bertz CT molecular complexity index is 1050. The minimum Gasteiger partial charge on any atom is -0.463 e. The second-order valence-corrected chi connectivity index (χ2v) is 7.05. The first-order valence-corrected chi connectivity index (χ1v) is 10.3. The molecule has 4 nitrogen and oxygen atoms in total. The molecule has 4 aromatic rings. The summed E-state index contributed by atoms with van der Waals surface area (Å²) in [7, 11) is 0. The molecule has 3 aromatic carbocycles. The molecule has 0 fully saturated rings. The first-order valence-electron chi connectivity index (χ1n) is 10.3. The van der Waals surface area contributed by atoms with Gasteiger partial charge in [0.25, 0.3) is 0 Å². The fourth-order valence-corrected chi connectivity index (χ4v) is 4.01. The summed E-state index contributed by atoms with van der Waals surface area (Å²) in [6, 6.07) is 31.0. The third kappa shape index (κ3) is 3.92. The van der Waals surface area contributed by atoms with Crippen molar-refractivity contribution < 1.29 is 9.53 Å². The van der Waals surface area contributed by atoms with E-state index in [0.29, 0.717) is 12.4 Å². The van der Waals surface area contributed by atoms with E-state index < -0.39 is 5.54 Å². The van der Waals surface area contributed by atoms with Crippen LogP contribution in [-0.4, -0.2) is 22.1 Å². The molecule has 4 rings (SSSR count). The first kappa shape index (κ1) is 20.4. The van der Waals surface area contributed by atoms with Crippen molar-refractivity contribution in [3.05, 3.63) is 132 Å². The van der Waals surface area contributed by atoms with Gasteiger partial charge in [-0.15, -0.1) is 0 Å². The Hall–Kier alpha value is -3.92. The largest absolute Gasteiger partial charge is 0.463 e. The zero-order valence-electron chi connectivity index (χ0n) is 17.4. The highest BCUT2D eigenvalue weighted by Crippen LogP contribution is 2.41. The van der Waals surface area contributed by atoms with Gasteiger partial charge in [0.05, 0.1) is 6.61 Å². The number of esters is 1. The van der Waals surface area contributed by atoms with Gasteiger partial charge in [0.2, 0.25) is 0 Å². The molecule has 154 valence electrons. The van der Waals surface area contributed by atoms with Crippen LogP contribution in [0.5, 0.6) is 0 Å². The molecule has 31 heavy (non-hydrogen) atoms. The molecule has 1 heterocycles. The molecule has 1 aromatic heterocycles. The fourth-order valence-electron chi connectivity index (χ4n) is 4.01. The van der Waals surface area contributed by atoms with E-state index in [2.05, 4.69) is 45.9 Å². The molecular weight excluding hydrogens is 384 g/mol. The minimum atomic E-state index is -0.672. The molecule has 0 saturated heterocycles. The molecule has 0 amide bonds. The van der Waals surface area contributed by atoms with Gasteiger partial charge in [-0.1, -0.05) is 91.0 Å². The zero-order chi connectivity index (χ0) is 21.5. The Balaban J connectivity index is 2.01. The van der Waals surface area contributed by atoms with Crippen molar-refractivity contribution in [2.45, 2.75) is 12.5 Å². The van der Waals surface area contributed by atoms with Crippen molar-refractivity contribution in [1.82, 2.24) is 9.55 Å². The maximum absolute atomic E-state index is 12.0. The number of nitrogens with zero attached hydrogens (tertiary/aromatic N) is 2. The predicted octanol–water partition coefficient (Wildman–Crippen LogP) is 5.30. The van der Waals surface area contributed by atoms with E-state index in [4.69, 9.17) is 4.74 Å². The number of imidazole rings is 1. The van der Waals surface area contributed by atoms with Crippen LogP contribution in [-0.2, 0) is 15.1 Å². The number of rotatable bonds is 7. The van der Waals surface area contributed by atoms with E-state index in [9.17, 15) is 4.79 Å². The molecule has 0 atom stereocenters. The summed E-state index contributed by atoms with van der Waals surface area (Å²) in [6.07, 6.45) is 6.85. The Morgan fingerprint density at radius 1 is 0.871 bits per heavy atom. The molecule has 0 bridgehead atoms. The van der Waals surface area contributed by atoms with Gasteiger partial charge in [0.15, 0.2) is 0 Å². The minimum absolute atomic E-state index is 0.333. The molecule has 0 radical (unpaired) electrons. The SMILES string of the molecule is CCOC(=O)C=Cc1nccn1C(c1ccccc1)(c1ccccc1)c1ccccc1. The Kier molecular flexibility index (Phi) is 6.08. The maximum atomic E-state index is 12.0. The smallest absolute Gasteiger partial charge is 0.330 e. The average Bonchev–Trinajstić information content (AvgIpc) is 3.30. The van der Waals surface area contributed by atoms with Crippen molar-refractivity contribution in [3.8, 4) is 0 Å². The highest BCUT2D eigenvalue weighted by molar-refractivity contribution is 5.86. The Morgan fingerprint density at radius 2 is 1.35 bits per heavy atom. The van der Waals surface area contributed by atoms with Crippen LogP contribution in [0.15, 0.2) is 109 Å². The lowest BCUT2D eigenvalue weighted by Gasteiger charge is -2.38. The standard InChI is InChI=1S/C27H24N2O2/c1-2-31-26(30)19-18-25-28-20-21-29(25)27(22-12-6-3-7-13-22,23-14-8-4-9-15-23)24-16-10-5-11-17-24/h3-21H,2H2,1H3. The quantitative estimate of drug-likeness (QED) is 0.237. The molecule has 0 aliphatic rings. The van der Waals surface area contributed by atoms with E-state index in [0.717, 1.165) is 16.7 Å². The van der Waals surface area contributed by atoms with Crippen LogP contribution >= 0.6 is 0 Å². The highest BCUT2D eigenvalue weighted by Gasteiger charge is 2.39. The van der Waals surface area contributed by atoms with Gasteiger partial charge in [0.1, 0.15) is 11.4 Å². The van der Waals surface area contributed by atoms with E-state index in [1.807, 2.05) is 60.8 Å². The van der Waals surface area contributed by atoms with Gasteiger partial charge in [-0.3, -0.25) is 0 Å². The van der Waals surface area contributed by atoms with Crippen LogP contribution in [0.4, 0.5) is 0 Å². The van der Waals surface area contributed by atoms with Crippen LogP contribution in [0.2, 0.25) is 0 Å². The maximum Gasteiger partial charge on any atom is 0.330 e. The van der Waals surface area contributed by atoms with Crippen molar-refractivity contribution in [2.75, 3.05) is 6.61 Å². The third-order valence-electron chi connectivity index (χ3n) is 5.26. The van der Waals surface area contributed by atoms with Crippen LogP contribution in [0.1, 0.15) is 29.4 Å². The van der Waals surface area contributed by atoms with Crippen LogP contribution in [0, 0.1) is 0 Å². The molecule has 0 unspecified atom stereocenters. The van der Waals surface area contributed by atoms with Gasteiger partial charge in [-0.2, -0.15) is 0 Å². The van der Waals surface area contributed by atoms with E-state index in [1.54, 1.807) is 19.2 Å². The van der Waals surface area contributed by atoms with Gasteiger partial charge in [-0.05, 0) is 29.7 Å². The number of carbonyl (C=O) groups is 1. The molecule has 4 heteroatoms. The van der Waals surface area contributed by atoms with E-state index in [-0.39, 0.29) is 5.97 Å². The van der Waals surface area contributed by atoms with Crippen LogP contribution < -0.4 is 0 Å². The van der Waals surface area contributed by atoms with Crippen molar-refractivity contribution in [3.63, 3.8) is 0 Å².